The van der Waals surface area contributed by atoms with Gasteiger partial charge in [0.2, 0.25) is 0 Å². The highest BCUT2D eigenvalue weighted by atomic mass is 127. The van der Waals surface area contributed by atoms with Crippen LogP contribution < -0.4 is 5.32 Å². The lowest BCUT2D eigenvalue weighted by molar-refractivity contribution is -0.385. The quantitative estimate of drug-likeness (QED) is 0.499. The van der Waals surface area contributed by atoms with Crippen LogP contribution in [-0.2, 0) is 0 Å². The topological polar surface area (TPSA) is 85.1 Å². The van der Waals surface area contributed by atoms with E-state index in [2.05, 4.69) is 10.3 Å². The number of anilines is 1. The maximum Gasteiger partial charge on any atom is 0.282 e. The van der Waals surface area contributed by atoms with Crippen molar-refractivity contribution in [3.05, 3.63) is 61.6 Å². The Hall–Kier alpha value is -2.10. The van der Waals surface area contributed by atoms with E-state index in [1.54, 1.807) is 12.1 Å². The molecule has 1 amide bonds. The van der Waals surface area contributed by atoms with Crippen molar-refractivity contribution in [2.45, 2.75) is 0 Å². The van der Waals surface area contributed by atoms with Crippen LogP contribution in [0, 0.1) is 19.5 Å². The zero-order chi connectivity index (χ0) is 14.7. The molecule has 0 atom stereocenters. The average molecular weight is 387 g/mol. The van der Waals surface area contributed by atoms with E-state index in [-0.39, 0.29) is 11.4 Å². The highest BCUT2D eigenvalue weighted by molar-refractivity contribution is 14.1. The Morgan fingerprint density at radius 2 is 2.10 bits per heavy atom. The van der Waals surface area contributed by atoms with Crippen LogP contribution in [0.25, 0.3) is 0 Å². The second kappa shape index (κ2) is 5.90. The molecule has 0 aliphatic heterocycles. The fourth-order valence-electron chi connectivity index (χ4n) is 1.48. The summed E-state index contributed by atoms with van der Waals surface area (Å²) in [7, 11) is 0. The van der Waals surface area contributed by atoms with Crippen LogP contribution in [0.2, 0.25) is 0 Å². The Bertz CT molecular complexity index is 676. The van der Waals surface area contributed by atoms with Gasteiger partial charge in [0.05, 0.1) is 4.92 Å². The number of amides is 1. The zero-order valence-corrected chi connectivity index (χ0v) is 12.0. The van der Waals surface area contributed by atoms with E-state index in [0.29, 0.717) is 0 Å². The lowest BCUT2D eigenvalue weighted by Crippen LogP contribution is -2.15. The number of nitro benzene ring substituents is 1. The van der Waals surface area contributed by atoms with E-state index in [0.717, 1.165) is 21.8 Å². The summed E-state index contributed by atoms with van der Waals surface area (Å²) >= 11 is 2.05. The number of hydrogen-bond acceptors (Lipinski definition) is 4. The highest BCUT2D eigenvalue weighted by Gasteiger charge is 2.21. The molecule has 1 heterocycles. The van der Waals surface area contributed by atoms with Crippen molar-refractivity contribution in [2.75, 3.05) is 5.32 Å². The van der Waals surface area contributed by atoms with Crippen LogP contribution >= 0.6 is 22.6 Å². The van der Waals surface area contributed by atoms with E-state index in [1.165, 1.54) is 6.20 Å². The fourth-order valence-corrected chi connectivity index (χ4v) is 1.80. The van der Waals surface area contributed by atoms with Crippen molar-refractivity contribution >= 4 is 40.0 Å². The number of hydrogen-bond donors (Lipinski definition) is 1. The smallest absolute Gasteiger partial charge is 0.282 e. The van der Waals surface area contributed by atoms with Crippen molar-refractivity contribution in [1.82, 2.24) is 4.98 Å². The Morgan fingerprint density at radius 3 is 2.70 bits per heavy atom. The summed E-state index contributed by atoms with van der Waals surface area (Å²) in [6, 6.07) is 5.96. The Kier molecular flexibility index (Phi) is 4.23. The molecular weight excluding hydrogens is 380 g/mol. The third-order valence-corrected chi connectivity index (χ3v) is 3.01. The average Bonchev–Trinajstić information content (AvgIpc) is 2.41. The summed E-state index contributed by atoms with van der Waals surface area (Å²) in [5, 5.41) is 13.2. The van der Waals surface area contributed by atoms with Gasteiger partial charge in [-0.2, -0.15) is 0 Å². The molecule has 0 spiro atoms. The summed E-state index contributed by atoms with van der Waals surface area (Å²) in [6.45, 7) is 0. The zero-order valence-electron chi connectivity index (χ0n) is 9.84. The number of halogens is 2. The summed E-state index contributed by atoms with van der Waals surface area (Å²) in [4.78, 5) is 26.0. The molecule has 102 valence electrons. The Balaban J connectivity index is 2.31. The number of nitro groups is 1. The van der Waals surface area contributed by atoms with Crippen molar-refractivity contribution in [2.24, 2.45) is 0 Å². The second-order valence-corrected chi connectivity index (χ2v) is 4.98. The van der Waals surface area contributed by atoms with Gasteiger partial charge in [-0.3, -0.25) is 14.9 Å². The molecule has 0 aliphatic carbocycles. The molecule has 0 saturated carbocycles. The summed E-state index contributed by atoms with van der Waals surface area (Å²) in [5.41, 5.74) is -0.815. The number of nitrogens with zero attached hydrogens (tertiary/aromatic N) is 2. The third-order valence-electron chi connectivity index (χ3n) is 2.37. The van der Waals surface area contributed by atoms with Gasteiger partial charge in [-0.25, -0.2) is 9.37 Å². The van der Waals surface area contributed by atoms with E-state index in [4.69, 9.17) is 0 Å². The van der Waals surface area contributed by atoms with Gasteiger partial charge >= 0.3 is 0 Å². The van der Waals surface area contributed by atoms with Crippen molar-refractivity contribution in [3.63, 3.8) is 0 Å². The van der Waals surface area contributed by atoms with Crippen molar-refractivity contribution < 1.29 is 14.1 Å². The van der Waals surface area contributed by atoms with Gasteiger partial charge in [-0.05, 0) is 46.9 Å². The molecule has 2 aromatic rings. The van der Waals surface area contributed by atoms with Gasteiger partial charge in [-0.15, -0.1) is 0 Å². The van der Waals surface area contributed by atoms with E-state index in [9.17, 15) is 19.3 Å². The standard InChI is InChI=1S/C12H7FIN3O3/c13-7-1-3-10(17(19)20)9(5-7)12(18)16-11-4-2-8(14)6-15-11/h1-6H,(H,15,16,18). The van der Waals surface area contributed by atoms with Crippen molar-refractivity contribution in [1.29, 1.82) is 0 Å². The first-order chi connectivity index (χ1) is 9.47. The van der Waals surface area contributed by atoms with Crippen LogP contribution in [0.15, 0.2) is 36.5 Å². The van der Waals surface area contributed by atoms with E-state index in [1.807, 2.05) is 22.6 Å². The van der Waals surface area contributed by atoms with Gasteiger partial charge in [0, 0.05) is 15.8 Å². The van der Waals surface area contributed by atoms with Crippen LogP contribution in [-0.4, -0.2) is 15.8 Å². The highest BCUT2D eigenvalue weighted by Crippen LogP contribution is 2.20. The predicted octanol–water partition coefficient (Wildman–Crippen LogP) is 2.99. The molecule has 2 rings (SSSR count). The molecule has 20 heavy (non-hydrogen) atoms. The number of nitrogens with one attached hydrogen (secondary N) is 1. The maximum atomic E-state index is 13.1. The normalized spacial score (nSPS) is 10.1. The monoisotopic (exact) mass is 387 g/mol. The first-order valence-electron chi connectivity index (χ1n) is 5.34. The van der Waals surface area contributed by atoms with E-state index >= 15 is 0 Å². The number of benzene rings is 1. The molecule has 1 aromatic carbocycles. The number of carbonyl (C=O) groups is 1. The lowest BCUT2D eigenvalue weighted by Gasteiger charge is -2.05. The molecule has 8 heteroatoms. The molecule has 1 aromatic heterocycles. The van der Waals surface area contributed by atoms with Gasteiger partial charge in [0.25, 0.3) is 11.6 Å². The molecule has 0 fully saturated rings. The van der Waals surface area contributed by atoms with Crippen molar-refractivity contribution in [3.8, 4) is 0 Å². The lowest BCUT2D eigenvalue weighted by atomic mass is 10.1. The summed E-state index contributed by atoms with van der Waals surface area (Å²) < 4.78 is 14.0. The number of pyridine rings is 1. The van der Waals surface area contributed by atoms with Gasteiger partial charge in [0.1, 0.15) is 17.2 Å². The second-order valence-electron chi connectivity index (χ2n) is 3.73. The molecule has 0 aliphatic rings. The minimum Gasteiger partial charge on any atom is -0.306 e. The first-order valence-corrected chi connectivity index (χ1v) is 6.42. The SMILES string of the molecule is O=C(Nc1ccc(I)cn1)c1cc(F)ccc1[N+](=O)[O-]. The fraction of sp³-hybridized carbons (Fsp3) is 0. The molecule has 0 radical (unpaired) electrons. The molecule has 0 saturated heterocycles. The summed E-state index contributed by atoms with van der Waals surface area (Å²) in [6.07, 6.45) is 1.52. The van der Waals surface area contributed by atoms with Crippen LogP contribution in [0.4, 0.5) is 15.9 Å². The summed E-state index contributed by atoms with van der Waals surface area (Å²) in [5.74, 6) is -1.28. The van der Waals surface area contributed by atoms with Crippen LogP contribution in [0.5, 0.6) is 0 Å². The predicted molar refractivity (Wildman–Crippen MR) is 78.0 cm³/mol. The molecule has 0 unspecified atom stereocenters. The van der Waals surface area contributed by atoms with Gasteiger partial charge in [0.15, 0.2) is 0 Å². The van der Waals surface area contributed by atoms with Gasteiger partial charge < -0.3 is 5.32 Å². The minimum atomic E-state index is -0.787. The Morgan fingerprint density at radius 1 is 1.35 bits per heavy atom. The number of aromatic nitrogens is 1. The van der Waals surface area contributed by atoms with E-state index < -0.39 is 22.3 Å². The molecule has 1 N–H and O–H groups in total. The molecular formula is C12H7FIN3O3. The van der Waals surface area contributed by atoms with Crippen LogP contribution in [0.3, 0.4) is 0 Å². The van der Waals surface area contributed by atoms with Gasteiger partial charge in [-0.1, -0.05) is 0 Å². The number of carbonyl (C=O) groups excluding carboxylic acids is 1. The maximum absolute atomic E-state index is 13.1. The Labute approximate surface area is 126 Å². The molecule has 0 bridgehead atoms. The minimum absolute atomic E-state index is 0.231. The first kappa shape index (κ1) is 14.3. The third kappa shape index (κ3) is 3.26. The number of rotatable bonds is 3. The van der Waals surface area contributed by atoms with Crippen LogP contribution in [0.1, 0.15) is 10.4 Å². The molecule has 6 nitrogen and oxygen atoms in total. The largest absolute Gasteiger partial charge is 0.306 e.